The summed E-state index contributed by atoms with van der Waals surface area (Å²) in [4.78, 5) is 16.0. The highest BCUT2D eigenvalue weighted by atomic mass is 16.5. The Balaban J connectivity index is 2.19. The second kappa shape index (κ2) is 5.59. The summed E-state index contributed by atoms with van der Waals surface area (Å²) in [5.41, 5.74) is 0.165. The minimum atomic E-state index is -0.687. The number of carboxylic acid groups (broad SMARTS) is 1. The molecule has 1 aromatic heterocycles. The van der Waals surface area contributed by atoms with Crippen LogP contribution in [-0.4, -0.2) is 23.2 Å². The SMILES string of the molecule is CCC1CCC(Cc2cccc(OC)n2)(C(=O)O)C1. The van der Waals surface area contributed by atoms with E-state index in [-0.39, 0.29) is 0 Å². The molecule has 1 aromatic rings. The highest BCUT2D eigenvalue weighted by Crippen LogP contribution is 2.45. The minimum absolute atomic E-state index is 0.496. The Bertz CT molecular complexity index is 460. The summed E-state index contributed by atoms with van der Waals surface area (Å²) in [7, 11) is 1.57. The lowest BCUT2D eigenvalue weighted by molar-refractivity contribution is -0.148. The van der Waals surface area contributed by atoms with Crippen molar-refractivity contribution in [1.29, 1.82) is 0 Å². The van der Waals surface area contributed by atoms with Gasteiger partial charge in [0.2, 0.25) is 5.88 Å². The van der Waals surface area contributed by atoms with E-state index in [0.717, 1.165) is 31.4 Å². The Hall–Kier alpha value is -1.58. The number of pyridine rings is 1. The van der Waals surface area contributed by atoms with Crippen LogP contribution in [0.2, 0.25) is 0 Å². The number of carbonyl (C=O) groups is 1. The van der Waals surface area contributed by atoms with Crippen molar-refractivity contribution in [2.75, 3.05) is 7.11 Å². The van der Waals surface area contributed by atoms with Crippen LogP contribution >= 0.6 is 0 Å². The molecule has 0 amide bonds. The lowest BCUT2D eigenvalue weighted by Crippen LogP contribution is -2.31. The van der Waals surface area contributed by atoms with E-state index in [1.165, 1.54) is 0 Å². The number of aromatic nitrogens is 1. The van der Waals surface area contributed by atoms with Crippen LogP contribution in [0.5, 0.6) is 5.88 Å². The third-order valence-corrected chi connectivity index (χ3v) is 4.25. The van der Waals surface area contributed by atoms with Gasteiger partial charge in [-0.2, -0.15) is 0 Å². The smallest absolute Gasteiger partial charge is 0.310 e. The van der Waals surface area contributed by atoms with Gasteiger partial charge >= 0.3 is 5.97 Å². The molecule has 1 aliphatic rings. The summed E-state index contributed by atoms with van der Waals surface area (Å²) >= 11 is 0. The van der Waals surface area contributed by atoms with Crippen LogP contribution in [0.25, 0.3) is 0 Å². The van der Waals surface area contributed by atoms with Crippen LogP contribution in [-0.2, 0) is 11.2 Å². The number of carboxylic acids is 1. The molecule has 4 heteroatoms. The summed E-state index contributed by atoms with van der Waals surface area (Å²) in [5, 5.41) is 9.61. The summed E-state index contributed by atoms with van der Waals surface area (Å²) in [5.74, 6) is 0.387. The number of nitrogens with zero attached hydrogens (tertiary/aromatic N) is 1. The maximum Gasteiger partial charge on any atom is 0.310 e. The normalized spacial score (nSPS) is 26.3. The Morgan fingerprint density at radius 2 is 2.37 bits per heavy atom. The molecule has 0 aromatic carbocycles. The van der Waals surface area contributed by atoms with Gasteiger partial charge in [-0.3, -0.25) is 4.79 Å². The fourth-order valence-electron chi connectivity index (χ4n) is 3.03. The first kappa shape index (κ1) is 13.8. The molecule has 2 atom stereocenters. The molecule has 0 radical (unpaired) electrons. The van der Waals surface area contributed by atoms with Gasteiger partial charge in [-0.1, -0.05) is 19.4 Å². The van der Waals surface area contributed by atoms with Gasteiger partial charge < -0.3 is 9.84 Å². The quantitative estimate of drug-likeness (QED) is 0.887. The van der Waals surface area contributed by atoms with E-state index in [2.05, 4.69) is 11.9 Å². The first-order valence-corrected chi connectivity index (χ1v) is 6.83. The third kappa shape index (κ3) is 2.88. The average molecular weight is 263 g/mol. The number of ether oxygens (including phenoxy) is 1. The molecule has 1 saturated carbocycles. The van der Waals surface area contributed by atoms with Gasteiger partial charge in [-0.25, -0.2) is 4.98 Å². The average Bonchev–Trinajstić information content (AvgIpc) is 2.84. The zero-order chi connectivity index (χ0) is 13.9. The molecule has 1 heterocycles. The number of rotatable bonds is 5. The number of methoxy groups -OCH3 is 1. The summed E-state index contributed by atoms with van der Waals surface area (Å²) in [6.07, 6.45) is 4.07. The molecule has 0 spiro atoms. The number of hydrogen-bond acceptors (Lipinski definition) is 3. The summed E-state index contributed by atoms with van der Waals surface area (Å²) < 4.78 is 5.10. The van der Waals surface area contributed by atoms with Gasteiger partial charge in [0, 0.05) is 18.2 Å². The maximum atomic E-state index is 11.7. The molecule has 0 aliphatic heterocycles. The number of aliphatic carboxylic acids is 1. The largest absolute Gasteiger partial charge is 0.481 e. The van der Waals surface area contributed by atoms with Crippen LogP contribution < -0.4 is 4.74 Å². The predicted octanol–water partition coefficient (Wildman–Crippen LogP) is 2.91. The Morgan fingerprint density at radius 3 is 2.95 bits per heavy atom. The van der Waals surface area contributed by atoms with Gasteiger partial charge in [-0.15, -0.1) is 0 Å². The van der Waals surface area contributed by atoms with E-state index in [9.17, 15) is 9.90 Å². The molecule has 4 nitrogen and oxygen atoms in total. The molecule has 2 rings (SSSR count). The third-order valence-electron chi connectivity index (χ3n) is 4.25. The van der Waals surface area contributed by atoms with Crippen LogP contribution in [0.1, 0.15) is 38.3 Å². The maximum absolute atomic E-state index is 11.7. The van der Waals surface area contributed by atoms with Crippen molar-refractivity contribution in [3.05, 3.63) is 23.9 Å². The second-order valence-corrected chi connectivity index (χ2v) is 5.45. The van der Waals surface area contributed by atoms with Gasteiger partial charge in [-0.05, 0) is 31.2 Å². The van der Waals surface area contributed by atoms with E-state index < -0.39 is 11.4 Å². The van der Waals surface area contributed by atoms with Crippen molar-refractivity contribution in [2.45, 2.75) is 39.0 Å². The number of hydrogen-bond donors (Lipinski definition) is 1. The molecule has 2 unspecified atom stereocenters. The predicted molar refractivity (Wildman–Crippen MR) is 72.2 cm³/mol. The minimum Gasteiger partial charge on any atom is -0.481 e. The van der Waals surface area contributed by atoms with E-state index in [0.29, 0.717) is 18.2 Å². The molecule has 1 aliphatic carbocycles. The van der Waals surface area contributed by atoms with Crippen LogP contribution in [0, 0.1) is 11.3 Å². The molecule has 19 heavy (non-hydrogen) atoms. The second-order valence-electron chi connectivity index (χ2n) is 5.45. The fourth-order valence-corrected chi connectivity index (χ4v) is 3.03. The van der Waals surface area contributed by atoms with Crippen LogP contribution in [0.15, 0.2) is 18.2 Å². The molecule has 0 bridgehead atoms. The molecule has 0 saturated heterocycles. The van der Waals surface area contributed by atoms with Gasteiger partial charge in [0.25, 0.3) is 0 Å². The first-order chi connectivity index (χ1) is 9.09. The summed E-state index contributed by atoms with van der Waals surface area (Å²) in [6, 6.07) is 5.52. The molecule has 1 fully saturated rings. The van der Waals surface area contributed by atoms with Gasteiger partial charge in [0.1, 0.15) is 0 Å². The van der Waals surface area contributed by atoms with E-state index >= 15 is 0 Å². The molecular formula is C15H21NO3. The molecular weight excluding hydrogens is 242 g/mol. The Kier molecular flexibility index (Phi) is 4.08. The van der Waals surface area contributed by atoms with Crippen molar-refractivity contribution < 1.29 is 14.6 Å². The van der Waals surface area contributed by atoms with E-state index in [1.54, 1.807) is 13.2 Å². The summed E-state index contributed by atoms with van der Waals surface area (Å²) in [6.45, 7) is 2.13. The van der Waals surface area contributed by atoms with E-state index in [4.69, 9.17) is 4.74 Å². The molecule has 1 N–H and O–H groups in total. The Morgan fingerprint density at radius 1 is 1.58 bits per heavy atom. The zero-order valence-electron chi connectivity index (χ0n) is 11.6. The Labute approximate surface area is 113 Å². The lowest BCUT2D eigenvalue weighted by atomic mass is 9.80. The monoisotopic (exact) mass is 263 g/mol. The van der Waals surface area contributed by atoms with Gasteiger partial charge in [0.05, 0.1) is 12.5 Å². The zero-order valence-corrected chi connectivity index (χ0v) is 11.6. The van der Waals surface area contributed by atoms with Gasteiger partial charge in [0.15, 0.2) is 0 Å². The van der Waals surface area contributed by atoms with Crippen LogP contribution in [0.3, 0.4) is 0 Å². The van der Waals surface area contributed by atoms with Crippen molar-refractivity contribution in [3.8, 4) is 5.88 Å². The topological polar surface area (TPSA) is 59.4 Å². The highest BCUT2D eigenvalue weighted by Gasteiger charge is 2.45. The molecule has 104 valence electrons. The standard InChI is InChI=1S/C15H21NO3/c1-3-11-7-8-15(9-11,14(17)18)10-12-5-4-6-13(16-12)19-2/h4-6,11H,3,7-10H2,1-2H3,(H,17,18). The highest BCUT2D eigenvalue weighted by molar-refractivity contribution is 5.75. The van der Waals surface area contributed by atoms with Crippen molar-refractivity contribution in [3.63, 3.8) is 0 Å². The first-order valence-electron chi connectivity index (χ1n) is 6.83. The van der Waals surface area contributed by atoms with Crippen molar-refractivity contribution in [2.24, 2.45) is 11.3 Å². The lowest BCUT2D eigenvalue weighted by Gasteiger charge is -2.24. The van der Waals surface area contributed by atoms with E-state index in [1.807, 2.05) is 12.1 Å². The fraction of sp³-hybridized carbons (Fsp3) is 0.600. The van der Waals surface area contributed by atoms with Crippen LogP contribution in [0.4, 0.5) is 0 Å². The van der Waals surface area contributed by atoms with Crippen molar-refractivity contribution in [1.82, 2.24) is 4.98 Å². The van der Waals surface area contributed by atoms with Crippen molar-refractivity contribution >= 4 is 5.97 Å².